The van der Waals surface area contributed by atoms with E-state index in [1.54, 1.807) is 13.0 Å². The van der Waals surface area contributed by atoms with E-state index in [1.165, 1.54) is 16.4 Å². The first-order chi connectivity index (χ1) is 8.92. The predicted octanol–water partition coefficient (Wildman–Crippen LogP) is 1.45. The maximum atomic E-state index is 12.1. The Balaban J connectivity index is 2.28. The molecule has 7 heteroatoms. The lowest BCUT2D eigenvalue weighted by atomic mass is 10.1. The van der Waals surface area contributed by atoms with Gasteiger partial charge in [0.05, 0.1) is 11.3 Å². The molecule has 1 aromatic carbocycles. The minimum Gasteiger partial charge on any atom is -0.478 e. The lowest BCUT2D eigenvalue weighted by Crippen LogP contribution is -2.33. The number of carbonyl (C=O) groups is 1. The molecule has 0 unspecified atom stereocenters. The van der Waals surface area contributed by atoms with E-state index < -0.39 is 16.2 Å². The van der Waals surface area contributed by atoms with Gasteiger partial charge in [0, 0.05) is 13.1 Å². The Bertz CT molecular complexity index is 592. The molecule has 2 rings (SSSR count). The highest BCUT2D eigenvalue weighted by Gasteiger charge is 2.26. The number of hydrogen-bond donors (Lipinski definition) is 2. The Labute approximate surface area is 112 Å². The highest BCUT2D eigenvalue weighted by atomic mass is 32.2. The molecule has 2 N–H and O–H groups in total. The molecule has 0 saturated carbocycles. The quantitative estimate of drug-likeness (QED) is 0.876. The highest BCUT2D eigenvalue weighted by Crippen LogP contribution is 2.22. The van der Waals surface area contributed by atoms with Gasteiger partial charge in [-0.05, 0) is 37.5 Å². The summed E-state index contributed by atoms with van der Waals surface area (Å²) in [6.07, 6.45) is 1.71. The maximum absolute atomic E-state index is 12.1. The lowest BCUT2D eigenvalue weighted by Gasteiger charge is -2.18. The van der Waals surface area contributed by atoms with Crippen molar-refractivity contribution in [2.24, 2.45) is 0 Å². The number of carboxylic acids is 1. The molecular weight excluding hydrogens is 268 g/mol. The number of anilines is 1. The fraction of sp³-hybridized carbons (Fsp3) is 0.417. The number of benzene rings is 1. The first-order valence-corrected chi connectivity index (χ1v) is 7.46. The van der Waals surface area contributed by atoms with Crippen molar-refractivity contribution in [3.8, 4) is 0 Å². The van der Waals surface area contributed by atoms with Gasteiger partial charge < -0.3 is 5.11 Å². The molecule has 1 heterocycles. The van der Waals surface area contributed by atoms with Crippen LogP contribution in [0.15, 0.2) is 18.2 Å². The standard InChI is InChI=1S/C12H16N2O4S/c1-9-10(12(15)16)5-4-6-11(9)13-19(17,18)14-7-2-3-8-14/h4-6,13H,2-3,7-8H2,1H3,(H,15,16). The van der Waals surface area contributed by atoms with Gasteiger partial charge in [-0.15, -0.1) is 0 Å². The average Bonchev–Trinajstić information content (AvgIpc) is 2.85. The third-order valence-electron chi connectivity index (χ3n) is 3.21. The zero-order chi connectivity index (χ0) is 14.0. The van der Waals surface area contributed by atoms with Crippen molar-refractivity contribution in [2.75, 3.05) is 17.8 Å². The molecule has 0 radical (unpaired) electrons. The highest BCUT2D eigenvalue weighted by molar-refractivity contribution is 7.90. The molecule has 1 fully saturated rings. The van der Waals surface area contributed by atoms with E-state index in [1.807, 2.05) is 0 Å². The van der Waals surface area contributed by atoms with Crippen LogP contribution in [0.1, 0.15) is 28.8 Å². The van der Waals surface area contributed by atoms with E-state index >= 15 is 0 Å². The summed E-state index contributed by atoms with van der Waals surface area (Å²) in [7, 11) is -3.59. The summed E-state index contributed by atoms with van der Waals surface area (Å²) < 4.78 is 28.0. The molecule has 0 spiro atoms. The molecule has 1 saturated heterocycles. The van der Waals surface area contributed by atoms with Crippen molar-refractivity contribution < 1.29 is 18.3 Å². The Morgan fingerprint density at radius 2 is 1.95 bits per heavy atom. The second-order valence-electron chi connectivity index (χ2n) is 4.50. The van der Waals surface area contributed by atoms with Crippen LogP contribution in [-0.4, -0.2) is 36.9 Å². The van der Waals surface area contributed by atoms with E-state index in [-0.39, 0.29) is 5.56 Å². The second kappa shape index (κ2) is 5.18. The normalized spacial score (nSPS) is 16.5. The lowest BCUT2D eigenvalue weighted by molar-refractivity contribution is 0.0696. The van der Waals surface area contributed by atoms with Crippen LogP contribution >= 0.6 is 0 Å². The number of carboxylic acid groups (broad SMARTS) is 1. The maximum Gasteiger partial charge on any atom is 0.336 e. The summed E-state index contributed by atoms with van der Waals surface area (Å²) in [5.74, 6) is -1.07. The summed E-state index contributed by atoms with van der Waals surface area (Å²) in [4.78, 5) is 11.0. The number of hydrogen-bond acceptors (Lipinski definition) is 3. The number of rotatable bonds is 4. The van der Waals surface area contributed by atoms with Crippen LogP contribution in [0.3, 0.4) is 0 Å². The SMILES string of the molecule is Cc1c(NS(=O)(=O)N2CCCC2)cccc1C(=O)O. The van der Waals surface area contributed by atoms with Crippen LogP contribution in [0, 0.1) is 6.92 Å². The van der Waals surface area contributed by atoms with Gasteiger partial charge in [-0.2, -0.15) is 12.7 Å². The Morgan fingerprint density at radius 1 is 1.32 bits per heavy atom. The Kier molecular flexibility index (Phi) is 3.77. The summed E-state index contributed by atoms with van der Waals surface area (Å²) in [5.41, 5.74) is 0.825. The zero-order valence-corrected chi connectivity index (χ0v) is 11.4. The van der Waals surface area contributed by atoms with Gasteiger partial charge in [-0.3, -0.25) is 4.72 Å². The fourth-order valence-electron chi connectivity index (χ4n) is 2.11. The van der Waals surface area contributed by atoms with Crippen LogP contribution in [-0.2, 0) is 10.2 Å². The molecule has 6 nitrogen and oxygen atoms in total. The smallest absolute Gasteiger partial charge is 0.336 e. The third kappa shape index (κ3) is 2.87. The minimum atomic E-state index is -3.59. The van der Waals surface area contributed by atoms with Gasteiger partial charge in [0.2, 0.25) is 0 Å². The zero-order valence-electron chi connectivity index (χ0n) is 10.6. The van der Waals surface area contributed by atoms with E-state index in [0.717, 1.165) is 12.8 Å². The van der Waals surface area contributed by atoms with Crippen LogP contribution < -0.4 is 4.72 Å². The average molecular weight is 284 g/mol. The molecule has 0 aromatic heterocycles. The Morgan fingerprint density at radius 3 is 2.53 bits per heavy atom. The van der Waals surface area contributed by atoms with Crippen molar-refractivity contribution in [3.63, 3.8) is 0 Å². The molecule has 0 aliphatic carbocycles. The predicted molar refractivity (Wildman–Crippen MR) is 71.5 cm³/mol. The molecule has 0 atom stereocenters. The van der Waals surface area contributed by atoms with E-state index in [4.69, 9.17) is 5.11 Å². The first-order valence-electron chi connectivity index (χ1n) is 6.02. The van der Waals surface area contributed by atoms with Crippen molar-refractivity contribution in [1.29, 1.82) is 0 Å². The largest absolute Gasteiger partial charge is 0.478 e. The van der Waals surface area contributed by atoms with Crippen molar-refractivity contribution in [3.05, 3.63) is 29.3 Å². The van der Waals surface area contributed by atoms with Gasteiger partial charge in [-0.25, -0.2) is 4.79 Å². The van der Waals surface area contributed by atoms with E-state index in [2.05, 4.69) is 4.72 Å². The van der Waals surface area contributed by atoms with E-state index in [9.17, 15) is 13.2 Å². The fourth-order valence-corrected chi connectivity index (χ4v) is 3.48. The molecule has 1 aliphatic heterocycles. The topological polar surface area (TPSA) is 86.7 Å². The third-order valence-corrected chi connectivity index (χ3v) is 4.73. The van der Waals surface area contributed by atoms with Crippen molar-refractivity contribution in [2.45, 2.75) is 19.8 Å². The van der Waals surface area contributed by atoms with Crippen LogP contribution in [0.5, 0.6) is 0 Å². The molecule has 19 heavy (non-hydrogen) atoms. The first kappa shape index (κ1) is 13.8. The van der Waals surface area contributed by atoms with Crippen molar-refractivity contribution >= 4 is 21.9 Å². The molecule has 0 amide bonds. The molecule has 104 valence electrons. The summed E-state index contributed by atoms with van der Waals surface area (Å²) in [6, 6.07) is 4.54. The molecule has 0 bridgehead atoms. The summed E-state index contributed by atoms with van der Waals surface area (Å²) >= 11 is 0. The van der Waals surface area contributed by atoms with Crippen molar-refractivity contribution in [1.82, 2.24) is 4.31 Å². The monoisotopic (exact) mass is 284 g/mol. The second-order valence-corrected chi connectivity index (χ2v) is 6.17. The molecule has 1 aliphatic rings. The van der Waals surface area contributed by atoms with Crippen LogP contribution in [0.2, 0.25) is 0 Å². The molecular formula is C12H16N2O4S. The summed E-state index contributed by atoms with van der Waals surface area (Å²) in [6.45, 7) is 2.60. The van der Waals surface area contributed by atoms with Crippen LogP contribution in [0.4, 0.5) is 5.69 Å². The number of aromatic carboxylic acids is 1. The Hall–Kier alpha value is -1.60. The van der Waals surface area contributed by atoms with Gasteiger partial charge in [-0.1, -0.05) is 6.07 Å². The van der Waals surface area contributed by atoms with Gasteiger partial charge in [0.1, 0.15) is 0 Å². The van der Waals surface area contributed by atoms with Gasteiger partial charge >= 0.3 is 16.2 Å². The molecule has 1 aromatic rings. The summed E-state index contributed by atoms with van der Waals surface area (Å²) in [5, 5.41) is 9.01. The van der Waals surface area contributed by atoms with E-state index in [0.29, 0.717) is 24.3 Å². The van der Waals surface area contributed by atoms with Crippen LogP contribution in [0.25, 0.3) is 0 Å². The number of nitrogens with zero attached hydrogens (tertiary/aromatic N) is 1. The minimum absolute atomic E-state index is 0.0987. The van der Waals surface area contributed by atoms with Gasteiger partial charge in [0.25, 0.3) is 0 Å². The number of nitrogens with one attached hydrogen (secondary N) is 1. The van der Waals surface area contributed by atoms with Gasteiger partial charge in [0.15, 0.2) is 0 Å².